The van der Waals surface area contributed by atoms with E-state index < -0.39 is 18.0 Å². The lowest BCUT2D eigenvalue weighted by Gasteiger charge is -2.33. The van der Waals surface area contributed by atoms with Crippen LogP contribution in [0.3, 0.4) is 0 Å². The summed E-state index contributed by atoms with van der Waals surface area (Å²) in [6, 6.07) is 16.6. The summed E-state index contributed by atoms with van der Waals surface area (Å²) in [6.45, 7) is 11.6. The first-order valence-electron chi connectivity index (χ1n) is 22.4. The fourth-order valence-corrected chi connectivity index (χ4v) is 8.44. The predicted molar refractivity (Wildman–Crippen MR) is 248 cm³/mol. The maximum atomic E-state index is 13.2. The van der Waals surface area contributed by atoms with Gasteiger partial charge in [0.25, 0.3) is 6.01 Å². The molecule has 19 heteroatoms. The number of pyridine rings is 1. The average molecular weight is 929 g/mol. The number of carbonyl (C=O) groups excluding carboxylic acids is 3. The van der Waals surface area contributed by atoms with Crippen LogP contribution < -0.4 is 25.0 Å². The van der Waals surface area contributed by atoms with E-state index in [9.17, 15) is 14.4 Å². The highest BCUT2D eigenvalue weighted by Crippen LogP contribution is 2.28. The molecule has 2 N–H and O–H groups in total. The molecule has 0 unspecified atom stereocenters. The van der Waals surface area contributed by atoms with Crippen LogP contribution >= 0.6 is 11.3 Å². The van der Waals surface area contributed by atoms with Crippen molar-refractivity contribution in [2.24, 2.45) is 0 Å². The Morgan fingerprint density at radius 1 is 0.864 bits per heavy atom. The van der Waals surface area contributed by atoms with Crippen LogP contribution in [0.1, 0.15) is 36.7 Å². The largest absolute Gasteiger partial charge is 0.495 e. The van der Waals surface area contributed by atoms with Gasteiger partial charge < -0.3 is 53.3 Å². The van der Waals surface area contributed by atoms with E-state index >= 15 is 0 Å². The standard InChI is InChI=1S/C47H60N8O10S/c1-33-44(66-32-50-33)36-8-6-35(7-9-36)28-49-45(57)41-5-4-14-55(41)46(58)34(2)51-43(56)31-63-26-25-62-24-23-61-22-21-60-20-19-53-15-17-54(18-16-53)47-52-40-27-38(12-13-42(40)65-47)64-30-37-10-11-39(59-3)29-48-37/h6-13,27,29,32,34,41H,4-5,14-26,28,30-31H2,1-3H3,(H,49,57)(H,51,56)/t34-,41-/m0/s1. The number of fused-ring (bicyclic) bond motifs is 1. The summed E-state index contributed by atoms with van der Waals surface area (Å²) in [6.07, 6.45) is 2.95. The maximum Gasteiger partial charge on any atom is 0.298 e. The van der Waals surface area contributed by atoms with Gasteiger partial charge in [-0.25, -0.2) is 4.98 Å². The molecule has 2 fully saturated rings. The minimum absolute atomic E-state index is 0.205. The number of benzene rings is 2. The highest BCUT2D eigenvalue weighted by atomic mass is 32.1. The molecule has 5 heterocycles. The van der Waals surface area contributed by atoms with Gasteiger partial charge in [0.1, 0.15) is 42.3 Å². The van der Waals surface area contributed by atoms with Crippen molar-refractivity contribution in [2.45, 2.75) is 51.9 Å². The quantitative estimate of drug-likeness (QED) is 0.0790. The molecular formula is C47H60N8O10S. The lowest BCUT2D eigenvalue weighted by molar-refractivity contribution is -0.141. The molecule has 2 aliphatic heterocycles. The van der Waals surface area contributed by atoms with Crippen molar-refractivity contribution < 1.29 is 47.2 Å². The number of rotatable bonds is 25. The van der Waals surface area contributed by atoms with Crippen LogP contribution in [0.25, 0.3) is 21.5 Å². The molecule has 3 aromatic heterocycles. The lowest BCUT2D eigenvalue weighted by Crippen LogP contribution is -2.52. The van der Waals surface area contributed by atoms with Gasteiger partial charge in [0.15, 0.2) is 5.58 Å². The normalized spacial score (nSPS) is 15.8. The van der Waals surface area contributed by atoms with E-state index in [1.165, 1.54) is 0 Å². The summed E-state index contributed by atoms with van der Waals surface area (Å²) in [5, 5.41) is 5.67. The number of oxazole rings is 1. The third-order valence-corrected chi connectivity index (χ3v) is 12.3. The number of likely N-dealkylation sites (tertiary alicyclic amines) is 1. The fourth-order valence-electron chi connectivity index (χ4n) is 7.63. The average Bonchev–Trinajstić information content (AvgIpc) is 4.12. The molecule has 2 saturated heterocycles. The van der Waals surface area contributed by atoms with Crippen molar-refractivity contribution in [3.05, 3.63) is 83.3 Å². The van der Waals surface area contributed by atoms with Gasteiger partial charge >= 0.3 is 0 Å². The van der Waals surface area contributed by atoms with Gasteiger partial charge in [-0.3, -0.25) is 24.3 Å². The highest BCUT2D eigenvalue weighted by Gasteiger charge is 2.36. The van der Waals surface area contributed by atoms with Crippen LogP contribution in [0, 0.1) is 6.92 Å². The van der Waals surface area contributed by atoms with Gasteiger partial charge in [-0.1, -0.05) is 24.3 Å². The highest BCUT2D eigenvalue weighted by molar-refractivity contribution is 7.13. The molecule has 18 nitrogen and oxygen atoms in total. The van der Waals surface area contributed by atoms with Gasteiger partial charge in [0, 0.05) is 51.9 Å². The number of amides is 3. The van der Waals surface area contributed by atoms with Gasteiger partial charge in [-0.05, 0) is 62.1 Å². The predicted octanol–water partition coefficient (Wildman–Crippen LogP) is 4.24. The molecule has 0 aliphatic carbocycles. The fraction of sp³-hybridized carbons (Fsp3) is 0.489. The molecule has 2 aromatic carbocycles. The van der Waals surface area contributed by atoms with Crippen LogP contribution in [0.2, 0.25) is 0 Å². The summed E-state index contributed by atoms with van der Waals surface area (Å²) in [4.78, 5) is 59.5. The number of hydrogen-bond acceptors (Lipinski definition) is 16. The zero-order chi connectivity index (χ0) is 46.1. The van der Waals surface area contributed by atoms with Crippen LogP contribution in [0.5, 0.6) is 11.5 Å². The topological polar surface area (TPSA) is 192 Å². The SMILES string of the molecule is COc1ccc(COc2ccc3oc(N4CCN(CCOCCOCCOCCOCC(=O)N[C@@H](C)C(=O)N5CCC[C@H]5C(=O)NCc5ccc(-c6scnc6C)cc5)CC4)nc3c2)nc1. The van der Waals surface area contributed by atoms with E-state index in [1.54, 1.807) is 36.5 Å². The first-order valence-corrected chi connectivity index (χ1v) is 23.3. The molecule has 0 saturated carbocycles. The second kappa shape index (κ2) is 24.7. The molecule has 7 rings (SSSR count). The number of nitrogens with zero attached hydrogens (tertiary/aromatic N) is 6. The van der Waals surface area contributed by atoms with Gasteiger partial charge in [0.2, 0.25) is 17.7 Å². The first-order chi connectivity index (χ1) is 32.2. The summed E-state index contributed by atoms with van der Waals surface area (Å²) in [7, 11) is 1.61. The number of aromatic nitrogens is 3. The van der Waals surface area contributed by atoms with Gasteiger partial charge in [-0.2, -0.15) is 4.98 Å². The Balaban J connectivity index is 0.666. The Hall–Kier alpha value is -5.70. The Morgan fingerprint density at radius 2 is 1.59 bits per heavy atom. The smallest absolute Gasteiger partial charge is 0.298 e. The van der Waals surface area contributed by atoms with Crippen molar-refractivity contribution in [3.8, 4) is 21.9 Å². The van der Waals surface area contributed by atoms with Crippen molar-refractivity contribution in [1.29, 1.82) is 0 Å². The Morgan fingerprint density at radius 3 is 2.29 bits per heavy atom. The number of thiazole rings is 1. The van der Waals surface area contributed by atoms with Gasteiger partial charge in [0.05, 0.1) is 81.3 Å². The Bertz CT molecular complexity index is 2300. The molecule has 66 heavy (non-hydrogen) atoms. The van der Waals surface area contributed by atoms with Crippen molar-refractivity contribution in [1.82, 2.24) is 35.4 Å². The first kappa shape index (κ1) is 48.2. The van der Waals surface area contributed by atoms with E-state index in [-0.39, 0.29) is 25.0 Å². The molecule has 0 radical (unpaired) electrons. The molecule has 0 bridgehead atoms. The van der Waals surface area contributed by atoms with E-state index in [0.29, 0.717) is 95.3 Å². The van der Waals surface area contributed by atoms with Crippen LogP contribution in [0.15, 0.2) is 70.7 Å². The van der Waals surface area contributed by atoms with Crippen molar-refractivity contribution >= 4 is 46.2 Å². The number of aryl methyl sites for hydroxylation is 1. The molecule has 2 atom stereocenters. The minimum Gasteiger partial charge on any atom is -0.495 e. The Kier molecular flexibility index (Phi) is 18.1. The van der Waals surface area contributed by atoms with Crippen LogP contribution in [0.4, 0.5) is 6.01 Å². The number of ether oxygens (including phenoxy) is 6. The number of piperazine rings is 1. The van der Waals surface area contributed by atoms with E-state index in [1.807, 2.05) is 67.0 Å². The zero-order valence-corrected chi connectivity index (χ0v) is 38.7. The van der Waals surface area contributed by atoms with E-state index in [2.05, 4.69) is 30.4 Å². The zero-order valence-electron chi connectivity index (χ0n) is 37.9. The van der Waals surface area contributed by atoms with E-state index in [4.69, 9.17) is 37.8 Å². The molecule has 2 aliphatic rings. The Labute approximate surface area is 388 Å². The third-order valence-electron chi connectivity index (χ3n) is 11.3. The number of nitrogens with one attached hydrogen (secondary N) is 2. The van der Waals surface area contributed by atoms with Crippen molar-refractivity contribution in [2.75, 3.05) is 104 Å². The number of hydrogen-bond donors (Lipinski definition) is 2. The molecule has 0 spiro atoms. The van der Waals surface area contributed by atoms with Crippen LogP contribution in [-0.2, 0) is 46.5 Å². The minimum atomic E-state index is -0.800. The summed E-state index contributed by atoms with van der Waals surface area (Å²) in [5.74, 6) is 0.481. The summed E-state index contributed by atoms with van der Waals surface area (Å²) < 4.78 is 39.6. The monoisotopic (exact) mass is 928 g/mol. The summed E-state index contributed by atoms with van der Waals surface area (Å²) in [5.41, 5.74) is 7.13. The molecule has 5 aromatic rings. The third kappa shape index (κ3) is 13.9. The second-order valence-electron chi connectivity index (χ2n) is 16.0. The lowest BCUT2D eigenvalue weighted by atomic mass is 10.1. The second-order valence-corrected chi connectivity index (χ2v) is 16.8. The molecule has 354 valence electrons. The summed E-state index contributed by atoms with van der Waals surface area (Å²) >= 11 is 1.60. The van der Waals surface area contributed by atoms with Crippen molar-refractivity contribution in [3.63, 3.8) is 0 Å². The van der Waals surface area contributed by atoms with Crippen LogP contribution in [-0.4, -0.2) is 154 Å². The molecular weight excluding hydrogens is 869 g/mol. The molecule has 3 amide bonds. The maximum absolute atomic E-state index is 13.2. The number of carbonyl (C=O) groups is 3. The van der Waals surface area contributed by atoms with Gasteiger partial charge in [-0.15, -0.1) is 11.3 Å². The number of anilines is 1. The van der Waals surface area contributed by atoms with E-state index in [0.717, 1.165) is 65.6 Å². The number of methoxy groups -OCH3 is 1.